The Kier molecular flexibility index (Phi) is 7.44. The summed E-state index contributed by atoms with van der Waals surface area (Å²) in [5.41, 5.74) is -0.878. The van der Waals surface area contributed by atoms with E-state index in [1.54, 1.807) is 0 Å². The van der Waals surface area contributed by atoms with Gasteiger partial charge in [0.1, 0.15) is 23.4 Å². The highest BCUT2D eigenvalue weighted by Gasteiger charge is 2.39. The molecule has 0 aliphatic carbocycles. The Balaban J connectivity index is 1.58. The van der Waals surface area contributed by atoms with Crippen molar-refractivity contribution in [3.8, 4) is 11.5 Å². The minimum atomic E-state index is -5.17. The Morgan fingerprint density at radius 2 is 1.87 bits per heavy atom. The van der Waals surface area contributed by atoms with E-state index in [1.807, 2.05) is 0 Å². The third kappa shape index (κ3) is 6.07. The van der Waals surface area contributed by atoms with Crippen LogP contribution in [0.25, 0.3) is 0 Å². The van der Waals surface area contributed by atoms with Crippen molar-refractivity contribution in [2.45, 2.75) is 45.1 Å². The van der Waals surface area contributed by atoms with Crippen LogP contribution in [-0.4, -0.2) is 54.1 Å². The predicted octanol–water partition coefficient (Wildman–Crippen LogP) is 4.06. The topological polar surface area (TPSA) is 105 Å². The molecule has 0 spiro atoms. The number of carbonyl (C=O) groups excluding carboxylic acids is 4. The number of piperidine rings is 1. The number of alkyl halides is 5. The Labute approximate surface area is 216 Å². The standard InChI is InChI=1S/C24H19F6N3O6/c1-11-6-14(39-24(28,29)30)8-17(20(11)27)33(10-18(25)26)23(37)38-13-3-2-12-9-32(22(36)15(12)7-13)16-4-5-19(34)31-21(16)35/h2-3,6-8,16,18H,4-5,9-10H2,1H3,(H,31,34,35). The van der Waals surface area contributed by atoms with E-state index in [0.29, 0.717) is 17.7 Å². The SMILES string of the molecule is Cc1cc(OC(F)(F)F)cc(N(CC(F)F)C(=O)Oc2ccc3c(c2)C(=O)N(C2CCC(=O)NC2=O)C3)c1F. The largest absolute Gasteiger partial charge is 0.573 e. The molecule has 0 radical (unpaired) electrons. The molecule has 4 rings (SSSR count). The average Bonchev–Trinajstić information content (AvgIpc) is 3.14. The number of benzene rings is 2. The van der Waals surface area contributed by atoms with Gasteiger partial charge in [0.25, 0.3) is 12.3 Å². The second-order valence-corrected chi connectivity index (χ2v) is 8.71. The van der Waals surface area contributed by atoms with Crippen LogP contribution >= 0.6 is 0 Å². The number of hydrogen-bond donors (Lipinski definition) is 1. The Morgan fingerprint density at radius 3 is 2.51 bits per heavy atom. The minimum absolute atomic E-state index is 0.0165. The van der Waals surface area contributed by atoms with Crippen LogP contribution in [-0.2, 0) is 16.1 Å². The predicted molar refractivity (Wildman–Crippen MR) is 120 cm³/mol. The molecule has 2 aliphatic rings. The Morgan fingerprint density at radius 1 is 1.15 bits per heavy atom. The van der Waals surface area contributed by atoms with Gasteiger partial charge in [0.05, 0.1) is 12.2 Å². The lowest BCUT2D eigenvalue weighted by molar-refractivity contribution is -0.274. The minimum Gasteiger partial charge on any atom is -0.410 e. The van der Waals surface area contributed by atoms with E-state index < -0.39 is 72.0 Å². The molecule has 39 heavy (non-hydrogen) atoms. The van der Waals surface area contributed by atoms with Crippen LogP contribution in [0.3, 0.4) is 0 Å². The van der Waals surface area contributed by atoms with Crippen molar-refractivity contribution in [3.05, 3.63) is 52.8 Å². The second kappa shape index (κ2) is 10.5. The van der Waals surface area contributed by atoms with Gasteiger partial charge in [0.15, 0.2) is 0 Å². The third-order valence-corrected chi connectivity index (χ3v) is 5.98. The van der Waals surface area contributed by atoms with Crippen molar-refractivity contribution >= 4 is 29.5 Å². The maximum Gasteiger partial charge on any atom is 0.573 e. The van der Waals surface area contributed by atoms with Crippen molar-refractivity contribution in [1.29, 1.82) is 0 Å². The smallest absolute Gasteiger partial charge is 0.410 e. The highest BCUT2D eigenvalue weighted by molar-refractivity contribution is 6.05. The Hall–Kier alpha value is -4.30. The van der Waals surface area contributed by atoms with E-state index >= 15 is 0 Å². The molecule has 2 aliphatic heterocycles. The Bertz CT molecular complexity index is 1350. The molecule has 9 nitrogen and oxygen atoms in total. The number of anilines is 1. The summed E-state index contributed by atoms with van der Waals surface area (Å²) < 4.78 is 88.2. The fourth-order valence-electron chi connectivity index (χ4n) is 4.27. The zero-order valence-electron chi connectivity index (χ0n) is 20.0. The number of nitrogens with one attached hydrogen (secondary N) is 1. The summed E-state index contributed by atoms with van der Waals surface area (Å²) in [5.74, 6) is -4.23. The molecular weight excluding hydrogens is 540 g/mol. The number of carbonyl (C=O) groups is 4. The summed E-state index contributed by atoms with van der Waals surface area (Å²) >= 11 is 0. The molecule has 4 amide bonds. The second-order valence-electron chi connectivity index (χ2n) is 8.71. The molecule has 1 N–H and O–H groups in total. The quantitative estimate of drug-likeness (QED) is 0.423. The molecule has 1 atom stereocenters. The van der Waals surface area contributed by atoms with E-state index in [0.717, 1.165) is 13.0 Å². The van der Waals surface area contributed by atoms with Gasteiger partial charge < -0.3 is 14.4 Å². The van der Waals surface area contributed by atoms with Gasteiger partial charge in [-0.25, -0.2) is 18.0 Å². The van der Waals surface area contributed by atoms with Crippen molar-refractivity contribution in [2.24, 2.45) is 0 Å². The number of hydrogen-bond acceptors (Lipinski definition) is 6. The van der Waals surface area contributed by atoms with Gasteiger partial charge in [-0.2, -0.15) is 0 Å². The number of aryl methyl sites for hydroxylation is 1. The summed E-state index contributed by atoms with van der Waals surface area (Å²) in [5, 5.41) is 2.15. The van der Waals surface area contributed by atoms with Crippen molar-refractivity contribution in [3.63, 3.8) is 0 Å². The van der Waals surface area contributed by atoms with Gasteiger partial charge in [-0.05, 0) is 42.7 Å². The molecule has 208 valence electrons. The van der Waals surface area contributed by atoms with Crippen molar-refractivity contribution in [1.82, 2.24) is 10.2 Å². The van der Waals surface area contributed by atoms with Crippen LogP contribution in [0.4, 0.5) is 36.8 Å². The van der Waals surface area contributed by atoms with Crippen LogP contribution < -0.4 is 19.7 Å². The molecule has 2 aromatic rings. The highest BCUT2D eigenvalue weighted by atomic mass is 19.4. The molecule has 1 saturated heterocycles. The number of halogens is 6. The lowest BCUT2D eigenvalue weighted by Gasteiger charge is -2.29. The summed E-state index contributed by atoms with van der Waals surface area (Å²) in [6, 6.07) is 3.94. The van der Waals surface area contributed by atoms with Gasteiger partial charge in [-0.15, -0.1) is 13.2 Å². The van der Waals surface area contributed by atoms with E-state index in [9.17, 15) is 45.5 Å². The van der Waals surface area contributed by atoms with E-state index in [2.05, 4.69) is 10.1 Å². The molecule has 0 saturated carbocycles. The molecule has 2 aromatic carbocycles. The van der Waals surface area contributed by atoms with Crippen LogP contribution in [0, 0.1) is 12.7 Å². The number of amides is 4. The monoisotopic (exact) mass is 559 g/mol. The molecular formula is C24H19F6N3O6. The van der Waals surface area contributed by atoms with E-state index in [4.69, 9.17) is 4.74 Å². The molecule has 0 aromatic heterocycles. The lowest BCUT2D eigenvalue weighted by atomic mass is 10.0. The number of ether oxygens (including phenoxy) is 2. The summed E-state index contributed by atoms with van der Waals surface area (Å²) in [6.45, 7) is -0.366. The van der Waals surface area contributed by atoms with Crippen molar-refractivity contribution < 1.29 is 55.0 Å². The zero-order valence-corrected chi connectivity index (χ0v) is 20.0. The third-order valence-electron chi connectivity index (χ3n) is 5.98. The van der Waals surface area contributed by atoms with E-state index in [1.165, 1.54) is 17.0 Å². The number of imide groups is 1. The fourth-order valence-corrected chi connectivity index (χ4v) is 4.27. The van der Waals surface area contributed by atoms with Crippen LogP contribution in [0.1, 0.15) is 34.3 Å². The first-order chi connectivity index (χ1) is 18.2. The summed E-state index contributed by atoms with van der Waals surface area (Å²) in [4.78, 5) is 50.7. The van der Waals surface area contributed by atoms with E-state index in [-0.39, 0.29) is 35.6 Å². The van der Waals surface area contributed by atoms with Gasteiger partial charge in [0.2, 0.25) is 11.8 Å². The van der Waals surface area contributed by atoms with Crippen molar-refractivity contribution in [2.75, 3.05) is 11.4 Å². The zero-order chi connectivity index (χ0) is 28.6. The molecule has 1 unspecified atom stereocenters. The molecule has 2 heterocycles. The highest BCUT2D eigenvalue weighted by Crippen LogP contribution is 2.34. The van der Waals surface area contributed by atoms with Crippen LogP contribution in [0.15, 0.2) is 30.3 Å². The lowest BCUT2D eigenvalue weighted by Crippen LogP contribution is -2.52. The first-order valence-corrected chi connectivity index (χ1v) is 11.3. The van der Waals surface area contributed by atoms with Gasteiger partial charge in [-0.1, -0.05) is 6.07 Å². The first kappa shape index (κ1) is 27.7. The summed E-state index contributed by atoms with van der Waals surface area (Å²) in [7, 11) is 0. The van der Waals surface area contributed by atoms with Crippen LogP contribution in [0.2, 0.25) is 0 Å². The van der Waals surface area contributed by atoms with Gasteiger partial charge in [-0.3, -0.25) is 24.6 Å². The first-order valence-electron chi connectivity index (χ1n) is 11.3. The number of nitrogens with zero attached hydrogens (tertiary/aromatic N) is 2. The number of fused-ring (bicyclic) bond motifs is 1. The summed E-state index contributed by atoms with van der Waals surface area (Å²) in [6.07, 6.45) is -9.83. The van der Waals surface area contributed by atoms with Gasteiger partial charge >= 0.3 is 12.5 Å². The average molecular weight is 559 g/mol. The molecule has 0 bridgehead atoms. The number of rotatable bonds is 6. The normalized spacial score (nSPS) is 17.3. The maximum atomic E-state index is 14.8. The maximum absolute atomic E-state index is 14.8. The molecule has 1 fully saturated rings. The van der Waals surface area contributed by atoms with Gasteiger partial charge in [0, 0.05) is 24.6 Å². The fraction of sp³-hybridized carbons (Fsp3) is 0.333. The molecule has 15 heteroatoms. The van der Waals surface area contributed by atoms with Crippen LogP contribution in [0.5, 0.6) is 11.5 Å².